The van der Waals surface area contributed by atoms with Crippen LogP contribution in [0.1, 0.15) is 22.7 Å². The first kappa shape index (κ1) is 25.2. The van der Waals surface area contributed by atoms with Crippen molar-refractivity contribution < 1.29 is 24.2 Å². The molecule has 1 amide bonds. The summed E-state index contributed by atoms with van der Waals surface area (Å²) in [5.74, 6) is 0.222. The number of aryl methyl sites for hydroxylation is 1. The molecule has 0 radical (unpaired) electrons. The molecule has 4 aromatic carbocycles. The second kappa shape index (κ2) is 10.3. The summed E-state index contributed by atoms with van der Waals surface area (Å²) in [6.07, 6.45) is 0. The van der Waals surface area contributed by atoms with Gasteiger partial charge in [-0.25, -0.2) is 0 Å². The zero-order chi connectivity index (χ0) is 27.8. The summed E-state index contributed by atoms with van der Waals surface area (Å²) in [7, 11) is 1.94. The smallest absolute Gasteiger partial charge is 0.300 e. The van der Waals surface area contributed by atoms with E-state index in [0.717, 1.165) is 11.3 Å². The van der Waals surface area contributed by atoms with Crippen molar-refractivity contribution in [3.8, 4) is 17.2 Å². The number of nitrogens with zero attached hydrogens (tertiary/aromatic N) is 2. The molecule has 2 aliphatic rings. The fourth-order valence-corrected chi connectivity index (χ4v) is 5.26. The van der Waals surface area contributed by atoms with Crippen molar-refractivity contribution in [3.63, 3.8) is 0 Å². The molecule has 2 aliphatic heterocycles. The Morgan fingerprint density at radius 2 is 1.62 bits per heavy atom. The summed E-state index contributed by atoms with van der Waals surface area (Å²) >= 11 is 0. The average molecular weight is 533 g/mol. The van der Waals surface area contributed by atoms with Gasteiger partial charge in [0.1, 0.15) is 29.6 Å². The topological polar surface area (TPSA) is 79.3 Å². The Balaban J connectivity index is 1.51. The normalized spacial score (nSPS) is 17.9. The number of para-hydroxylation sites is 2. The van der Waals surface area contributed by atoms with E-state index in [1.165, 1.54) is 4.90 Å². The Morgan fingerprint density at radius 1 is 0.875 bits per heavy atom. The first-order chi connectivity index (χ1) is 19.4. The summed E-state index contributed by atoms with van der Waals surface area (Å²) < 4.78 is 11.8. The van der Waals surface area contributed by atoms with Crippen LogP contribution >= 0.6 is 0 Å². The van der Waals surface area contributed by atoms with Gasteiger partial charge in [0.15, 0.2) is 0 Å². The summed E-state index contributed by atoms with van der Waals surface area (Å²) in [5.41, 5.74) is 3.32. The molecule has 2 heterocycles. The summed E-state index contributed by atoms with van der Waals surface area (Å²) in [4.78, 5) is 30.8. The van der Waals surface area contributed by atoms with Gasteiger partial charge < -0.3 is 19.5 Å². The van der Waals surface area contributed by atoms with Crippen molar-refractivity contribution in [1.29, 1.82) is 0 Å². The van der Waals surface area contributed by atoms with Gasteiger partial charge in [-0.15, -0.1) is 0 Å². The lowest BCUT2D eigenvalue weighted by atomic mass is 9.94. The number of rotatable bonds is 5. The van der Waals surface area contributed by atoms with E-state index in [-0.39, 0.29) is 11.3 Å². The lowest BCUT2D eigenvalue weighted by Crippen LogP contribution is -2.30. The van der Waals surface area contributed by atoms with Crippen molar-refractivity contribution in [1.82, 2.24) is 0 Å². The SMILES string of the molecule is Cc1ccccc1N1C(=O)C(=O)/C(=C(\O)c2ccc3c(c2)N(C)CCO3)C1c1cccc(Oc2ccccc2)c1. The molecule has 4 aromatic rings. The largest absolute Gasteiger partial charge is 0.507 e. The minimum Gasteiger partial charge on any atom is -0.507 e. The third-order valence-electron chi connectivity index (χ3n) is 7.30. The van der Waals surface area contributed by atoms with Crippen LogP contribution in [0.3, 0.4) is 0 Å². The molecule has 1 fully saturated rings. The number of hydrogen-bond acceptors (Lipinski definition) is 6. The molecule has 1 unspecified atom stereocenters. The number of carbonyl (C=O) groups is 2. The van der Waals surface area contributed by atoms with Crippen molar-refractivity contribution in [2.45, 2.75) is 13.0 Å². The third-order valence-corrected chi connectivity index (χ3v) is 7.30. The molecule has 7 nitrogen and oxygen atoms in total. The lowest BCUT2D eigenvalue weighted by molar-refractivity contribution is -0.132. The highest BCUT2D eigenvalue weighted by Crippen LogP contribution is 2.44. The van der Waals surface area contributed by atoms with Crippen molar-refractivity contribution in [2.75, 3.05) is 30.0 Å². The number of aliphatic hydroxyl groups is 1. The molecule has 1 saturated heterocycles. The first-order valence-electron chi connectivity index (χ1n) is 13.1. The molecule has 1 atom stereocenters. The minimum atomic E-state index is -0.870. The van der Waals surface area contributed by atoms with E-state index in [4.69, 9.17) is 9.47 Å². The summed E-state index contributed by atoms with van der Waals surface area (Å²) in [6, 6.07) is 28.4. The average Bonchev–Trinajstić information content (AvgIpc) is 3.23. The number of ether oxygens (including phenoxy) is 2. The number of amides is 1. The Hall–Kier alpha value is -5.04. The fourth-order valence-electron chi connectivity index (χ4n) is 5.26. The van der Waals surface area contributed by atoms with Gasteiger partial charge in [0.05, 0.1) is 23.8 Å². The monoisotopic (exact) mass is 532 g/mol. The number of anilines is 2. The van der Waals surface area contributed by atoms with Crippen LogP contribution in [-0.2, 0) is 9.59 Å². The molecule has 0 aromatic heterocycles. The van der Waals surface area contributed by atoms with Gasteiger partial charge in [0.2, 0.25) is 0 Å². The number of aliphatic hydroxyl groups excluding tert-OH is 1. The number of carbonyl (C=O) groups excluding carboxylic acids is 2. The molecular weight excluding hydrogens is 504 g/mol. The Morgan fingerprint density at radius 3 is 2.42 bits per heavy atom. The van der Waals surface area contributed by atoms with Gasteiger partial charge in [-0.1, -0.05) is 48.5 Å². The molecule has 40 heavy (non-hydrogen) atoms. The number of benzene rings is 4. The van der Waals surface area contributed by atoms with E-state index < -0.39 is 17.7 Å². The zero-order valence-electron chi connectivity index (χ0n) is 22.2. The lowest BCUT2D eigenvalue weighted by Gasteiger charge is -2.28. The van der Waals surface area contributed by atoms with E-state index in [2.05, 4.69) is 0 Å². The standard InChI is InChI=1S/C33H28N2O5/c1-21-9-6-7-14-26(21)35-30(22-10-8-13-25(19-22)40-24-11-4-3-5-12-24)29(32(37)33(35)38)31(36)23-15-16-28-27(20-23)34(2)17-18-39-28/h3-16,19-20,30,36H,17-18H2,1-2H3/b31-29-. The van der Waals surface area contributed by atoms with Crippen LogP contribution in [0.5, 0.6) is 17.2 Å². The van der Waals surface area contributed by atoms with Crippen LogP contribution in [0, 0.1) is 6.92 Å². The molecular formula is C33H28N2O5. The molecule has 0 aliphatic carbocycles. The van der Waals surface area contributed by atoms with Crippen LogP contribution < -0.4 is 19.3 Å². The highest BCUT2D eigenvalue weighted by atomic mass is 16.5. The van der Waals surface area contributed by atoms with Gasteiger partial charge in [-0.3, -0.25) is 14.5 Å². The maximum Gasteiger partial charge on any atom is 0.300 e. The van der Waals surface area contributed by atoms with Crippen molar-refractivity contribution >= 4 is 28.8 Å². The van der Waals surface area contributed by atoms with Crippen LogP contribution in [-0.4, -0.2) is 37.0 Å². The van der Waals surface area contributed by atoms with Crippen molar-refractivity contribution in [3.05, 3.63) is 119 Å². The van der Waals surface area contributed by atoms with Gasteiger partial charge in [-0.2, -0.15) is 0 Å². The van der Waals surface area contributed by atoms with Crippen LogP contribution in [0.2, 0.25) is 0 Å². The van der Waals surface area contributed by atoms with E-state index in [0.29, 0.717) is 47.2 Å². The Bertz CT molecular complexity index is 1650. The van der Waals surface area contributed by atoms with E-state index in [9.17, 15) is 14.7 Å². The second-order valence-electron chi connectivity index (χ2n) is 9.90. The Labute approximate surface area is 232 Å². The summed E-state index contributed by atoms with van der Waals surface area (Å²) in [5, 5.41) is 11.7. The van der Waals surface area contributed by atoms with Crippen LogP contribution in [0.4, 0.5) is 11.4 Å². The second-order valence-corrected chi connectivity index (χ2v) is 9.90. The van der Waals surface area contributed by atoms with Crippen LogP contribution in [0.15, 0.2) is 103 Å². The van der Waals surface area contributed by atoms with Gasteiger partial charge >= 0.3 is 0 Å². The predicted octanol–water partition coefficient (Wildman–Crippen LogP) is 6.24. The number of Topliss-reactive ketones (excluding diaryl/α,β-unsaturated/α-hetero) is 1. The van der Waals surface area contributed by atoms with Gasteiger partial charge in [0.25, 0.3) is 11.7 Å². The maximum atomic E-state index is 13.7. The minimum absolute atomic E-state index is 0.0180. The number of fused-ring (bicyclic) bond motifs is 1. The van der Waals surface area contributed by atoms with Crippen LogP contribution in [0.25, 0.3) is 5.76 Å². The maximum absolute atomic E-state index is 13.7. The highest BCUT2D eigenvalue weighted by Gasteiger charge is 2.47. The molecule has 0 saturated carbocycles. The zero-order valence-corrected chi connectivity index (χ0v) is 22.2. The van der Waals surface area contributed by atoms with Crippen molar-refractivity contribution in [2.24, 2.45) is 0 Å². The molecule has 0 bridgehead atoms. The van der Waals surface area contributed by atoms with Gasteiger partial charge in [-0.05, 0) is 66.6 Å². The number of likely N-dealkylation sites (N-methyl/N-ethyl adjacent to an activating group) is 1. The van der Waals surface area contributed by atoms with E-state index in [1.807, 2.05) is 91.7 Å². The predicted molar refractivity (Wildman–Crippen MR) is 154 cm³/mol. The molecule has 6 rings (SSSR count). The highest BCUT2D eigenvalue weighted by molar-refractivity contribution is 6.51. The molecule has 1 N–H and O–H groups in total. The van der Waals surface area contributed by atoms with Gasteiger partial charge in [0, 0.05) is 18.3 Å². The molecule has 200 valence electrons. The molecule has 7 heteroatoms. The third kappa shape index (κ3) is 4.45. The Kier molecular flexibility index (Phi) is 6.48. The number of hydrogen-bond donors (Lipinski definition) is 1. The fraction of sp³-hybridized carbons (Fsp3) is 0.152. The quantitative estimate of drug-likeness (QED) is 0.186. The number of ketones is 1. The molecule has 0 spiro atoms. The first-order valence-corrected chi connectivity index (χ1v) is 13.1. The van der Waals surface area contributed by atoms with E-state index >= 15 is 0 Å². The van der Waals surface area contributed by atoms with E-state index in [1.54, 1.807) is 24.3 Å². The summed E-state index contributed by atoms with van der Waals surface area (Å²) in [6.45, 7) is 3.15.